The summed E-state index contributed by atoms with van der Waals surface area (Å²) in [5.74, 6) is 0.189. The highest BCUT2D eigenvalue weighted by Crippen LogP contribution is 2.21. The second-order valence-electron chi connectivity index (χ2n) is 5.21. The molecule has 0 radical (unpaired) electrons. The molecule has 114 valence electrons. The lowest BCUT2D eigenvalue weighted by molar-refractivity contribution is -0.117. The number of ether oxygens (including phenoxy) is 1. The average molecular weight is 300 g/mol. The van der Waals surface area contributed by atoms with Gasteiger partial charge in [0.25, 0.3) is 0 Å². The topological polar surface area (TPSA) is 72.6 Å². The largest absolute Gasteiger partial charge is 0.454 e. The Labute approximate surface area is 127 Å². The number of carbonyl (C=O) groups excluding carboxylic acids is 2. The molecule has 1 aromatic heterocycles. The molecule has 1 aliphatic heterocycles. The summed E-state index contributed by atoms with van der Waals surface area (Å²) in [6, 6.07) is 8.57. The Hall–Kier alpha value is -2.63. The molecule has 1 aromatic carbocycles. The van der Waals surface area contributed by atoms with E-state index in [0.29, 0.717) is 17.7 Å². The molecular formula is C16H16N2O4. The fourth-order valence-corrected chi connectivity index (χ4v) is 2.40. The minimum absolute atomic E-state index is 0.0477. The molecule has 0 unspecified atom stereocenters. The first-order valence-corrected chi connectivity index (χ1v) is 7.13. The summed E-state index contributed by atoms with van der Waals surface area (Å²) in [5.41, 5.74) is 1.99. The van der Waals surface area contributed by atoms with Gasteiger partial charge in [0.1, 0.15) is 0 Å². The molecule has 22 heavy (non-hydrogen) atoms. The molecule has 0 saturated carbocycles. The van der Waals surface area contributed by atoms with Crippen molar-refractivity contribution in [2.24, 2.45) is 0 Å². The van der Waals surface area contributed by atoms with Crippen molar-refractivity contribution in [1.29, 1.82) is 0 Å². The third-order valence-corrected chi connectivity index (χ3v) is 3.51. The van der Waals surface area contributed by atoms with E-state index in [-0.39, 0.29) is 12.5 Å². The number of amides is 1. The standard InChI is InChI=1S/C16H16N2O4/c1-11-9-14(22-17-11)10-21-16(20)12-4-6-13(7-5-12)18-8-2-3-15(18)19/h4-7,9H,2-3,8,10H2,1H3. The van der Waals surface area contributed by atoms with Gasteiger partial charge in [-0.05, 0) is 37.6 Å². The summed E-state index contributed by atoms with van der Waals surface area (Å²) in [6.07, 6.45) is 1.46. The van der Waals surface area contributed by atoms with E-state index >= 15 is 0 Å². The molecule has 2 heterocycles. The Kier molecular flexibility index (Phi) is 3.91. The van der Waals surface area contributed by atoms with Crippen LogP contribution in [0.5, 0.6) is 0 Å². The summed E-state index contributed by atoms with van der Waals surface area (Å²) in [4.78, 5) is 25.4. The van der Waals surface area contributed by atoms with Crippen molar-refractivity contribution >= 4 is 17.6 Å². The van der Waals surface area contributed by atoms with Gasteiger partial charge in [0.15, 0.2) is 12.4 Å². The van der Waals surface area contributed by atoms with Crippen LogP contribution in [0.25, 0.3) is 0 Å². The van der Waals surface area contributed by atoms with Crippen LogP contribution in [0.3, 0.4) is 0 Å². The number of esters is 1. The third-order valence-electron chi connectivity index (χ3n) is 3.51. The Morgan fingerprint density at radius 1 is 1.36 bits per heavy atom. The van der Waals surface area contributed by atoms with Crippen molar-refractivity contribution < 1.29 is 18.8 Å². The van der Waals surface area contributed by atoms with Gasteiger partial charge in [-0.15, -0.1) is 0 Å². The molecule has 1 saturated heterocycles. The number of aromatic nitrogens is 1. The van der Waals surface area contributed by atoms with Gasteiger partial charge in [0, 0.05) is 24.7 Å². The van der Waals surface area contributed by atoms with Crippen LogP contribution < -0.4 is 4.90 Å². The molecule has 0 aliphatic carbocycles. The molecule has 6 heteroatoms. The lowest BCUT2D eigenvalue weighted by atomic mass is 10.2. The van der Waals surface area contributed by atoms with Crippen LogP contribution in [0.15, 0.2) is 34.9 Å². The molecule has 1 fully saturated rings. The smallest absolute Gasteiger partial charge is 0.338 e. The van der Waals surface area contributed by atoms with Crippen LogP contribution in [0.1, 0.15) is 34.7 Å². The minimum Gasteiger partial charge on any atom is -0.454 e. The van der Waals surface area contributed by atoms with Crippen LogP contribution in [0.4, 0.5) is 5.69 Å². The van der Waals surface area contributed by atoms with Gasteiger partial charge < -0.3 is 14.2 Å². The quantitative estimate of drug-likeness (QED) is 0.811. The molecule has 1 amide bonds. The van der Waals surface area contributed by atoms with Gasteiger partial charge >= 0.3 is 5.97 Å². The van der Waals surface area contributed by atoms with Crippen molar-refractivity contribution in [3.63, 3.8) is 0 Å². The zero-order valence-corrected chi connectivity index (χ0v) is 12.2. The second-order valence-corrected chi connectivity index (χ2v) is 5.21. The highest BCUT2D eigenvalue weighted by Gasteiger charge is 2.21. The maximum absolute atomic E-state index is 12.0. The first-order chi connectivity index (χ1) is 10.6. The second kappa shape index (κ2) is 6.01. The first-order valence-electron chi connectivity index (χ1n) is 7.13. The van der Waals surface area contributed by atoms with E-state index in [1.165, 1.54) is 0 Å². The third kappa shape index (κ3) is 3.00. The average Bonchev–Trinajstić information content (AvgIpc) is 3.13. The van der Waals surface area contributed by atoms with E-state index in [0.717, 1.165) is 24.3 Å². The normalized spacial score (nSPS) is 14.4. The maximum Gasteiger partial charge on any atom is 0.338 e. The van der Waals surface area contributed by atoms with Crippen LogP contribution >= 0.6 is 0 Å². The fourth-order valence-electron chi connectivity index (χ4n) is 2.40. The SMILES string of the molecule is Cc1cc(COC(=O)c2ccc(N3CCCC3=O)cc2)on1. The maximum atomic E-state index is 12.0. The van der Waals surface area contributed by atoms with Crippen molar-refractivity contribution in [3.8, 4) is 0 Å². The van der Waals surface area contributed by atoms with Crippen molar-refractivity contribution in [2.45, 2.75) is 26.4 Å². The summed E-state index contributed by atoms with van der Waals surface area (Å²) in [6.45, 7) is 2.58. The van der Waals surface area contributed by atoms with E-state index in [1.54, 1.807) is 42.2 Å². The number of carbonyl (C=O) groups is 2. The molecule has 2 aromatic rings. The highest BCUT2D eigenvalue weighted by atomic mass is 16.5. The molecule has 0 N–H and O–H groups in total. The summed E-state index contributed by atoms with van der Waals surface area (Å²) in [7, 11) is 0. The van der Waals surface area contributed by atoms with Gasteiger partial charge in [-0.2, -0.15) is 0 Å². The number of anilines is 1. The molecular weight excluding hydrogens is 284 g/mol. The zero-order chi connectivity index (χ0) is 15.5. The molecule has 0 bridgehead atoms. The fraction of sp³-hybridized carbons (Fsp3) is 0.312. The van der Waals surface area contributed by atoms with E-state index in [4.69, 9.17) is 9.26 Å². The van der Waals surface area contributed by atoms with Gasteiger partial charge in [0.05, 0.1) is 11.3 Å². The van der Waals surface area contributed by atoms with Crippen LogP contribution in [0.2, 0.25) is 0 Å². The van der Waals surface area contributed by atoms with Crippen LogP contribution in [0, 0.1) is 6.92 Å². The Morgan fingerprint density at radius 3 is 2.73 bits per heavy atom. The van der Waals surface area contributed by atoms with Gasteiger partial charge in [-0.3, -0.25) is 4.79 Å². The van der Waals surface area contributed by atoms with E-state index in [2.05, 4.69) is 5.16 Å². The minimum atomic E-state index is -0.437. The molecule has 3 rings (SSSR count). The number of hydrogen-bond donors (Lipinski definition) is 0. The van der Waals surface area contributed by atoms with Crippen LogP contribution in [-0.2, 0) is 16.1 Å². The van der Waals surface area contributed by atoms with E-state index in [9.17, 15) is 9.59 Å². The van der Waals surface area contributed by atoms with Gasteiger partial charge in [0.2, 0.25) is 5.91 Å². The zero-order valence-electron chi connectivity index (χ0n) is 12.2. The predicted molar refractivity (Wildman–Crippen MR) is 78.4 cm³/mol. The van der Waals surface area contributed by atoms with Gasteiger partial charge in [-0.1, -0.05) is 5.16 Å². The lowest BCUT2D eigenvalue weighted by Gasteiger charge is -2.15. The van der Waals surface area contributed by atoms with Crippen molar-refractivity contribution in [1.82, 2.24) is 5.16 Å². The summed E-state index contributed by atoms with van der Waals surface area (Å²) >= 11 is 0. The Morgan fingerprint density at radius 2 is 2.14 bits per heavy atom. The first kappa shape index (κ1) is 14.3. The van der Waals surface area contributed by atoms with Crippen molar-refractivity contribution in [3.05, 3.63) is 47.3 Å². The molecule has 1 aliphatic rings. The van der Waals surface area contributed by atoms with E-state index < -0.39 is 5.97 Å². The number of hydrogen-bond acceptors (Lipinski definition) is 5. The Balaban J connectivity index is 1.62. The summed E-state index contributed by atoms with van der Waals surface area (Å²) < 4.78 is 10.1. The number of nitrogens with zero attached hydrogens (tertiary/aromatic N) is 2. The number of aryl methyl sites for hydroxylation is 1. The molecule has 0 atom stereocenters. The van der Waals surface area contributed by atoms with Crippen LogP contribution in [-0.4, -0.2) is 23.6 Å². The predicted octanol–water partition coefficient (Wildman–Crippen LogP) is 2.47. The monoisotopic (exact) mass is 300 g/mol. The molecule has 6 nitrogen and oxygen atoms in total. The molecule has 0 spiro atoms. The lowest BCUT2D eigenvalue weighted by Crippen LogP contribution is -2.23. The van der Waals surface area contributed by atoms with Crippen molar-refractivity contribution in [2.75, 3.05) is 11.4 Å². The summed E-state index contributed by atoms with van der Waals surface area (Å²) in [5, 5.41) is 3.73. The Bertz CT molecular complexity index is 690. The van der Waals surface area contributed by atoms with Gasteiger partial charge in [-0.25, -0.2) is 4.79 Å². The van der Waals surface area contributed by atoms with E-state index in [1.807, 2.05) is 0 Å². The number of rotatable bonds is 4. The highest BCUT2D eigenvalue weighted by molar-refractivity contribution is 5.96. The number of benzene rings is 1.